The van der Waals surface area contributed by atoms with E-state index < -0.39 is 0 Å². The van der Waals surface area contributed by atoms with Crippen LogP contribution >= 0.6 is 15.9 Å². The summed E-state index contributed by atoms with van der Waals surface area (Å²) in [6.45, 7) is 1.07. The predicted molar refractivity (Wildman–Crippen MR) is 82.9 cm³/mol. The van der Waals surface area contributed by atoms with Crippen molar-refractivity contribution in [2.45, 2.75) is 31.7 Å². The van der Waals surface area contributed by atoms with E-state index in [-0.39, 0.29) is 0 Å². The molecule has 0 unspecified atom stereocenters. The molecule has 19 heavy (non-hydrogen) atoms. The van der Waals surface area contributed by atoms with Crippen LogP contribution in [0.1, 0.15) is 25.7 Å². The van der Waals surface area contributed by atoms with Crippen LogP contribution < -0.4 is 4.90 Å². The van der Waals surface area contributed by atoms with Crippen molar-refractivity contribution in [3.8, 4) is 0 Å². The number of rotatable bonds is 5. The maximum Gasteiger partial charge on any atom is 0.140 e. The second-order valence-electron chi connectivity index (χ2n) is 5.04. The number of halogens is 1. The van der Waals surface area contributed by atoms with Gasteiger partial charge < -0.3 is 4.90 Å². The molecule has 0 bridgehead atoms. The van der Waals surface area contributed by atoms with Gasteiger partial charge in [-0.05, 0) is 37.8 Å². The third kappa shape index (κ3) is 2.59. The molecule has 1 aromatic carbocycles. The average Bonchev–Trinajstić information content (AvgIpc) is 2.41. The van der Waals surface area contributed by atoms with Crippen LogP contribution in [0.25, 0.3) is 10.9 Å². The van der Waals surface area contributed by atoms with Crippen molar-refractivity contribution in [2.75, 3.05) is 16.8 Å². The zero-order valence-corrected chi connectivity index (χ0v) is 12.5. The molecular formula is C15H18BrN3. The zero-order valence-electron chi connectivity index (χ0n) is 10.9. The highest BCUT2D eigenvalue weighted by atomic mass is 79.9. The van der Waals surface area contributed by atoms with Crippen LogP contribution in [0.4, 0.5) is 5.82 Å². The van der Waals surface area contributed by atoms with E-state index in [0.29, 0.717) is 6.04 Å². The summed E-state index contributed by atoms with van der Waals surface area (Å²) in [7, 11) is 0. The van der Waals surface area contributed by atoms with Crippen LogP contribution in [-0.2, 0) is 0 Å². The van der Waals surface area contributed by atoms with Gasteiger partial charge in [-0.2, -0.15) is 0 Å². The summed E-state index contributed by atoms with van der Waals surface area (Å²) in [5, 5.41) is 2.21. The number of para-hydroxylation sites is 1. The fourth-order valence-electron chi connectivity index (χ4n) is 2.61. The first-order valence-electron chi connectivity index (χ1n) is 6.92. The molecule has 0 atom stereocenters. The van der Waals surface area contributed by atoms with Crippen LogP contribution in [0, 0.1) is 0 Å². The van der Waals surface area contributed by atoms with Crippen LogP contribution in [0.5, 0.6) is 0 Å². The molecule has 0 saturated heterocycles. The highest BCUT2D eigenvalue weighted by Gasteiger charge is 2.26. The molecule has 1 aliphatic carbocycles. The second kappa shape index (κ2) is 5.87. The first-order chi connectivity index (χ1) is 9.40. The van der Waals surface area contributed by atoms with Gasteiger partial charge in [-0.15, -0.1) is 0 Å². The van der Waals surface area contributed by atoms with Crippen molar-refractivity contribution in [2.24, 2.45) is 0 Å². The highest BCUT2D eigenvalue weighted by molar-refractivity contribution is 9.09. The molecule has 1 aliphatic rings. The fraction of sp³-hybridized carbons (Fsp3) is 0.467. The first kappa shape index (κ1) is 12.9. The maximum absolute atomic E-state index is 4.56. The minimum absolute atomic E-state index is 0.664. The summed E-state index contributed by atoms with van der Waals surface area (Å²) in [6.07, 6.45) is 6.77. The lowest BCUT2D eigenvalue weighted by atomic mass is 9.91. The quantitative estimate of drug-likeness (QED) is 0.785. The van der Waals surface area contributed by atoms with Gasteiger partial charge in [-0.1, -0.05) is 28.1 Å². The van der Waals surface area contributed by atoms with E-state index in [1.807, 2.05) is 6.07 Å². The molecule has 0 radical (unpaired) electrons. The van der Waals surface area contributed by atoms with Crippen LogP contribution in [-0.4, -0.2) is 27.9 Å². The van der Waals surface area contributed by atoms with Gasteiger partial charge in [-0.25, -0.2) is 9.97 Å². The lowest BCUT2D eigenvalue weighted by Crippen LogP contribution is -2.41. The standard InChI is InChI=1S/C15H18BrN3/c16-9-4-10-19(12-5-3-6-12)15-13-7-1-2-8-14(13)17-11-18-15/h1-2,7-8,11-12H,3-6,9-10H2. The summed E-state index contributed by atoms with van der Waals surface area (Å²) in [5.74, 6) is 1.11. The summed E-state index contributed by atoms with van der Waals surface area (Å²) in [4.78, 5) is 11.4. The number of fused-ring (bicyclic) bond motifs is 1. The number of alkyl halides is 1. The van der Waals surface area contributed by atoms with E-state index in [1.165, 1.54) is 24.6 Å². The minimum atomic E-state index is 0.664. The molecule has 1 aromatic heterocycles. The molecule has 0 amide bonds. The van der Waals surface area contributed by atoms with Gasteiger partial charge in [0.05, 0.1) is 5.52 Å². The van der Waals surface area contributed by atoms with Crippen molar-refractivity contribution < 1.29 is 0 Å². The SMILES string of the molecule is BrCCCN(c1ncnc2ccccc12)C1CCC1. The fourth-order valence-corrected chi connectivity index (χ4v) is 2.86. The molecule has 3 nitrogen and oxygen atoms in total. The van der Waals surface area contributed by atoms with Gasteiger partial charge in [0.15, 0.2) is 0 Å². The highest BCUT2D eigenvalue weighted by Crippen LogP contribution is 2.32. The number of benzene rings is 1. The number of hydrogen-bond donors (Lipinski definition) is 0. The molecule has 1 heterocycles. The largest absolute Gasteiger partial charge is 0.353 e. The zero-order chi connectivity index (χ0) is 13.1. The lowest BCUT2D eigenvalue weighted by Gasteiger charge is -2.38. The van der Waals surface area contributed by atoms with Crippen molar-refractivity contribution in [1.82, 2.24) is 9.97 Å². The van der Waals surface area contributed by atoms with Crippen molar-refractivity contribution in [1.29, 1.82) is 0 Å². The maximum atomic E-state index is 4.56. The van der Waals surface area contributed by atoms with Gasteiger partial charge in [0, 0.05) is 23.3 Å². The Morgan fingerprint density at radius 3 is 2.79 bits per heavy atom. The van der Waals surface area contributed by atoms with Crippen molar-refractivity contribution in [3.63, 3.8) is 0 Å². The van der Waals surface area contributed by atoms with Crippen LogP contribution in [0.15, 0.2) is 30.6 Å². The Kier molecular flexibility index (Phi) is 3.97. The number of nitrogens with zero attached hydrogens (tertiary/aromatic N) is 3. The Bertz CT molecular complexity index is 549. The summed E-state index contributed by atoms with van der Waals surface area (Å²) >= 11 is 3.53. The lowest BCUT2D eigenvalue weighted by molar-refractivity contribution is 0.385. The number of hydrogen-bond acceptors (Lipinski definition) is 3. The normalized spacial score (nSPS) is 15.4. The van der Waals surface area contributed by atoms with E-state index in [1.54, 1.807) is 6.33 Å². The molecule has 2 aromatic rings. The van der Waals surface area contributed by atoms with Crippen LogP contribution in [0.2, 0.25) is 0 Å². The average molecular weight is 320 g/mol. The Labute approximate surface area is 122 Å². The monoisotopic (exact) mass is 319 g/mol. The van der Waals surface area contributed by atoms with E-state index in [9.17, 15) is 0 Å². The minimum Gasteiger partial charge on any atom is -0.353 e. The van der Waals surface area contributed by atoms with Gasteiger partial charge in [0.25, 0.3) is 0 Å². The molecule has 0 N–H and O–H groups in total. The van der Waals surface area contributed by atoms with E-state index >= 15 is 0 Å². The van der Waals surface area contributed by atoms with Gasteiger partial charge in [0.1, 0.15) is 12.1 Å². The predicted octanol–water partition coefficient (Wildman–Crippen LogP) is 3.77. The molecule has 0 spiro atoms. The summed E-state index contributed by atoms with van der Waals surface area (Å²) < 4.78 is 0. The van der Waals surface area contributed by atoms with Gasteiger partial charge in [-0.3, -0.25) is 0 Å². The topological polar surface area (TPSA) is 29.0 Å². The molecule has 0 aliphatic heterocycles. The Morgan fingerprint density at radius 1 is 1.21 bits per heavy atom. The Morgan fingerprint density at radius 2 is 2.05 bits per heavy atom. The Hall–Kier alpha value is -1.16. The first-order valence-corrected chi connectivity index (χ1v) is 8.04. The van der Waals surface area contributed by atoms with Crippen molar-refractivity contribution in [3.05, 3.63) is 30.6 Å². The number of aromatic nitrogens is 2. The van der Waals surface area contributed by atoms with E-state index in [4.69, 9.17) is 0 Å². The Balaban J connectivity index is 1.98. The van der Waals surface area contributed by atoms with E-state index in [2.05, 4.69) is 49.0 Å². The smallest absolute Gasteiger partial charge is 0.140 e. The molecule has 1 fully saturated rings. The molecule has 1 saturated carbocycles. The third-order valence-corrected chi connectivity index (χ3v) is 4.40. The van der Waals surface area contributed by atoms with Crippen molar-refractivity contribution >= 4 is 32.7 Å². The second-order valence-corrected chi connectivity index (χ2v) is 5.83. The molecule has 100 valence electrons. The summed E-state index contributed by atoms with van der Waals surface area (Å²) in [5.41, 5.74) is 1.04. The molecular weight excluding hydrogens is 302 g/mol. The van der Waals surface area contributed by atoms with Crippen LogP contribution in [0.3, 0.4) is 0 Å². The molecule has 4 heteroatoms. The van der Waals surface area contributed by atoms with Gasteiger partial charge >= 0.3 is 0 Å². The molecule has 3 rings (SSSR count). The summed E-state index contributed by atoms with van der Waals surface area (Å²) in [6, 6.07) is 8.95. The third-order valence-electron chi connectivity index (χ3n) is 3.84. The number of anilines is 1. The van der Waals surface area contributed by atoms with E-state index in [0.717, 1.165) is 29.6 Å². The van der Waals surface area contributed by atoms with Gasteiger partial charge in [0.2, 0.25) is 0 Å².